The van der Waals surface area contributed by atoms with Crippen LogP contribution in [0.25, 0.3) is 0 Å². The molecule has 196 valence electrons. The van der Waals surface area contributed by atoms with Crippen LogP contribution < -0.4 is 0 Å². The Bertz CT molecular complexity index is 939. The maximum Gasteiger partial charge on any atom is 0.328 e. The Hall–Kier alpha value is -2.74. The van der Waals surface area contributed by atoms with Gasteiger partial charge in [-0.2, -0.15) is 5.01 Å². The summed E-state index contributed by atoms with van der Waals surface area (Å²) in [6, 6.07) is 18.9. The zero-order chi connectivity index (χ0) is 26.0. The Labute approximate surface area is 215 Å². The molecule has 0 radical (unpaired) electrons. The number of carbonyl (C=O) groups excluding carboxylic acids is 2. The Morgan fingerprint density at radius 2 is 1.64 bits per heavy atom. The first-order chi connectivity index (χ1) is 17.2. The van der Waals surface area contributed by atoms with Crippen molar-refractivity contribution in [3.8, 4) is 0 Å². The summed E-state index contributed by atoms with van der Waals surface area (Å²) in [6.07, 6.45) is 3.39. The van der Waals surface area contributed by atoms with Gasteiger partial charge in [0.05, 0.1) is 6.61 Å². The van der Waals surface area contributed by atoms with E-state index in [2.05, 4.69) is 0 Å². The molecule has 1 aliphatic rings. The molecule has 0 saturated carbocycles. The normalized spacial score (nSPS) is 17.0. The van der Waals surface area contributed by atoms with Gasteiger partial charge in [-0.3, -0.25) is 14.6 Å². The van der Waals surface area contributed by atoms with Gasteiger partial charge in [-0.25, -0.2) is 0 Å². The fourth-order valence-electron chi connectivity index (χ4n) is 4.08. The number of carbonyl (C=O) groups is 2. The summed E-state index contributed by atoms with van der Waals surface area (Å²) in [5, 5.41) is 3.31. The Kier molecular flexibility index (Phi) is 10.5. The van der Waals surface area contributed by atoms with E-state index in [1.165, 1.54) is 0 Å². The van der Waals surface area contributed by atoms with E-state index < -0.39 is 17.6 Å². The Balaban J connectivity index is 1.82. The van der Waals surface area contributed by atoms with E-state index in [-0.39, 0.29) is 18.8 Å². The van der Waals surface area contributed by atoms with Crippen molar-refractivity contribution in [2.75, 3.05) is 20.3 Å². The van der Waals surface area contributed by atoms with Crippen LogP contribution >= 0.6 is 0 Å². The van der Waals surface area contributed by atoms with Crippen LogP contribution in [0.1, 0.15) is 57.6 Å². The Morgan fingerprint density at radius 3 is 2.22 bits per heavy atom. The van der Waals surface area contributed by atoms with Crippen LogP contribution in [0.5, 0.6) is 0 Å². The van der Waals surface area contributed by atoms with Gasteiger partial charge in [0, 0.05) is 26.6 Å². The number of hydrogen-bond acceptors (Lipinski definition) is 6. The molecule has 2 atom stereocenters. The van der Waals surface area contributed by atoms with Crippen molar-refractivity contribution in [1.29, 1.82) is 0 Å². The molecule has 0 spiro atoms. The number of hydrogen-bond donors (Lipinski definition) is 0. The van der Waals surface area contributed by atoms with E-state index in [0.717, 1.165) is 30.4 Å². The topological polar surface area (TPSA) is 68.3 Å². The van der Waals surface area contributed by atoms with Gasteiger partial charge in [0.25, 0.3) is 0 Å². The second-order valence-electron chi connectivity index (χ2n) is 10.2. The van der Waals surface area contributed by atoms with Crippen LogP contribution in [0, 0.1) is 0 Å². The molecule has 2 aromatic carbocycles. The summed E-state index contributed by atoms with van der Waals surface area (Å²) in [6.45, 7) is 6.57. The highest BCUT2D eigenvalue weighted by Gasteiger charge is 2.35. The number of hydrazine groups is 1. The number of esters is 1. The van der Waals surface area contributed by atoms with Crippen molar-refractivity contribution in [3.05, 3.63) is 71.8 Å². The minimum Gasteiger partial charge on any atom is -0.459 e. The molecular weight excluding hydrogens is 456 g/mol. The molecule has 36 heavy (non-hydrogen) atoms. The Morgan fingerprint density at radius 1 is 1.00 bits per heavy atom. The van der Waals surface area contributed by atoms with E-state index in [4.69, 9.17) is 14.2 Å². The molecule has 0 unspecified atom stereocenters. The molecular formula is C29H40N2O5. The summed E-state index contributed by atoms with van der Waals surface area (Å²) in [5.41, 5.74) is 1.39. The molecule has 7 heteroatoms. The van der Waals surface area contributed by atoms with Crippen LogP contribution in [0.4, 0.5) is 0 Å². The summed E-state index contributed by atoms with van der Waals surface area (Å²) < 4.78 is 17.6. The number of amides is 1. The third-order valence-corrected chi connectivity index (χ3v) is 6.02. The predicted octanol–water partition coefficient (Wildman–Crippen LogP) is 4.75. The maximum absolute atomic E-state index is 13.4. The van der Waals surface area contributed by atoms with Crippen LogP contribution in [0.2, 0.25) is 0 Å². The SMILES string of the molecule is CN(C(=O)CCc1ccccc1)N(Cc1ccccc1)[C@@H](CO[C@H]1CCCCO1)C(=O)OC(C)(C)C. The summed E-state index contributed by atoms with van der Waals surface area (Å²) >= 11 is 0. The van der Waals surface area contributed by atoms with E-state index in [1.807, 2.05) is 81.4 Å². The lowest BCUT2D eigenvalue weighted by atomic mass is 10.1. The average molecular weight is 497 g/mol. The average Bonchev–Trinajstić information content (AvgIpc) is 2.87. The smallest absolute Gasteiger partial charge is 0.328 e. The molecule has 1 fully saturated rings. The second-order valence-corrected chi connectivity index (χ2v) is 10.2. The minimum absolute atomic E-state index is 0.0583. The molecule has 0 N–H and O–H groups in total. The van der Waals surface area contributed by atoms with Gasteiger partial charge >= 0.3 is 5.97 Å². The number of rotatable bonds is 11. The van der Waals surface area contributed by atoms with Crippen LogP contribution in [0.3, 0.4) is 0 Å². The third-order valence-electron chi connectivity index (χ3n) is 6.02. The van der Waals surface area contributed by atoms with Crippen LogP contribution in [-0.4, -0.2) is 60.1 Å². The van der Waals surface area contributed by atoms with Gasteiger partial charge in [0.1, 0.15) is 5.60 Å². The first-order valence-corrected chi connectivity index (χ1v) is 12.8. The van der Waals surface area contributed by atoms with E-state index in [9.17, 15) is 9.59 Å². The highest BCUT2D eigenvalue weighted by atomic mass is 16.7. The molecule has 2 aromatic rings. The van der Waals surface area contributed by atoms with Gasteiger partial charge in [0.15, 0.2) is 12.3 Å². The van der Waals surface area contributed by atoms with E-state index in [1.54, 1.807) is 17.1 Å². The molecule has 1 amide bonds. The highest BCUT2D eigenvalue weighted by molar-refractivity contribution is 5.79. The fourth-order valence-corrected chi connectivity index (χ4v) is 4.08. The first kappa shape index (κ1) is 27.8. The number of nitrogens with zero attached hydrogens (tertiary/aromatic N) is 2. The molecule has 0 bridgehead atoms. The number of ether oxygens (including phenoxy) is 3. The predicted molar refractivity (Wildman–Crippen MR) is 139 cm³/mol. The van der Waals surface area contributed by atoms with E-state index in [0.29, 0.717) is 26.0 Å². The van der Waals surface area contributed by atoms with Gasteiger partial charge < -0.3 is 14.2 Å². The van der Waals surface area contributed by atoms with Crippen molar-refractivity contribution < 1.29 is 23.8 Å². The maximum atomic E-state index is 13.4. The van der Waals surface area contributed by atoms with Crippen LogP contribution in [-0.2, 0) is 36.8 Å². The fraction of sp³-hybridized carbons (Fsp3) is 0.517. The minimum atomic E-state index is -0.819. The monoisotopic (exact) mass is 496 g/mol. The second kappa shape index (κ2) is 13.5. The quantitative estimate of drug-likeness (QED) is 0.330. The standard InChI is InChI=1S/C29H40N2O5/c1-29(2,3)36-28(33)25(22-35-27-17-11-12-20-34-27)31(21-24-15-9-6-10-16-24)30(4)26(32)19-18-23-13-7-5-8-14-23/h5-10,13-16,25,27H,11-12,17-22H2,1-4H3/t25-,27-/m0/s1. The van der Waals surface area contributed by atoms with Gasteiger partial charge in [-0.15, -0.1) is 0 Å². The molecule has 1 saturated heterocycles. The van der Waals surface area contributed by atoms with Crippen molar-refractivity contribution in [3.63, 3.8) is 0 Å². The highest BCUT2D eigenvalue weighted by Crippen LogP contribution is 2.20. The van der Waals surface area contributed by atoms with Gasteiger partial charge in [0.2, 0.25) is 5.91 Å². The van der Waals surface area contributed by atoms with Crippen LogP contribution in [0.15, 0.2) is 60.7 Å². The molecule has 1 heterocycles. The largest absolute Gasteiger partial charge is 0.459 e. The number of aryl methyl sites for hydroxylation is 1. The first-order valence-electron chi connectivity index (χ1n) is 12.8. The van der Waals surface area contributed by atoms with E-state index >= 15 is 0 Å². The van der Waals surface area contributed by atoms with Crippen molar-refractivity contribution in [1.82, 2.24) is 10.0 Å². The molecule has 7 nitrogen and oxygen atoms in total. The lowest BCUT2D eigenvalue weighted by Gasteiger charge is -2.38. The lowest BCUT2D eigenvalue weighted by Crippen LogP contribution is -2.55. The summed E-state index contributed by atoms with van der Waals surface area (Å²) in [5.74, 6) is -0.519. The summed E-state index contributed by atoms with van der Waals surface area (Å²) in [4.78, 5) is 26.8. The number of benzene rings is 2. The molecule has 0 aromatic heterocycles. The zero-order valence-electron chi connectivity index (χ0n) is 22.0. The lowest BCUT2D eigenvalue weighted by molar-refractivity contribution is -0.198. The summed E-state index contributed by atoms with van der Waals surface area (Å²) in [7, 11) is 1.71. The van der Waals surface area contributed by atoms with Crippen molar-refractivity contribution in [2.45, 2.75) is 77.4 Å². The zero-order valence-corrected chi connectivity index (χ0v) is 22.0. The van der Waals surface area contributed by atoms with Gasteiger partial charge in [-0.05, 0) is 57.6 Å². The van der Waals surface area contributed by atoms with Crippen molar-refractivity contribution >= 4 is 11.9 Å². The van der Waals surface area contributed by atoms with Crippen molar-refractivity contribution in [2.24, 2.45) is 0 Å². The molecule has 1 aliphatic heterocycles. The third kappa shape index (κ3) is 9.04. The van der Waals surface area contributed by atoms with Gasteiger partial charge in [-0.1, -0.05) is 60.7 Å². The molecule has 0 aliphatic carbocycles. The molecule has 3 rings (SSSR count).